The van der Waals surface area contributed by atoms with E-state index in [-0.39, 0.29) is 33.0 Å². The second-order valence-electron chi connectivity index (χ2n) is 12.4. The fraction of sp³-hybridized carbons (Fsp3) is 0.268. The second kappa shape index (κ2) is 19.2. The van der Waals surface area contributed by atoms with Crippen molar-refractivity contribution in [3.05, 3.63) is 169 Å². The summed E-state index contributed by atoms with van der Waals surface area (Å²) in [5.41, 5.74) is 11.3. The molecule has 0 saturated carbocycles. The lowest BCUT2D eigenvalue weighted by molar-refractivity contribution is -0.330. The molecule has 2 N–H and O–H groups in total. The number of hydrogen-bond acceptors (Lipinski definition) is 7. The van der Waals surface area contributed by atoms with Gasteiger partial charge in [-0.15, -0.1) is 0 Å². The predicted octanol–water partition coefficient (Wildman–Crippen LogP) is 10.1. The molecule has 272 valence electrons. The summed E-state index contributed by atoms with van der Waals surface area (Å²) in [7, 11) is 0. The van der Waals surface area contributed by atoms with E-state index in [1.807, 2.05) is 121 Å². The van der Waals surface area contributed by atoms with E-state index in [0.717, 1.165) is 27.8 Å². The molecule has 0 amide bonds. The summed E-state index contributed by atoms with van der Waals surface area (Å²) >= 11 is 24.7. The van der Waals surface area contributed by atoms with Crippen molar-refractivity contribution in [3.8, 4) is 0 Å². The number of benzene rings is 5. The predicted molar refractivity (Wildman–Crippen MR) is 205 cm³/mol. The third-order valence-electron chi connectivity index (χ3n) is 8.52. The van der Waals surface area contributed by atoms with Crippen LogP contribution in [0, 0.1) is 0 Å². The van der Waals surface area contributed by atoms with Crippen molar-refractivity contribution < 1.29 is 28.4 Å². The SMILES string of the molecule is Nc1ccc(CO[C@@H]2O[C@H](COCc3ccc(Cl)cc3)[C@H](OCc3ccc(Cl)cc3)[C@H](OCc3ccc(Cl)cc3)[C@H]2OCc2ccc(Cl)cc2)cc1. The molecule has 1 fully saturated rings. The van der Waals surface area contributed by atoms with Crippen LogP contribution in [0.15, 0.2) is 121 Å². The van der Waals surface area contributed by atoms with Gasteiger partial charge in [-0.1, -0.05) is 107 Å². The molecule has 0 aromatic heterocycles. The monoisotopic (exact) mass is 781 g/mol. The molecule has 5 aromatic carbocycles. The first-order valence-corrected chi connectivity index (χ1v) is 18.3. The maximum absolute atomic E-state index is 6.77. The molecule has 0 aliphatic carbocycles. The molecule has 1 aliphatic rings. The van der Waals surface area contributed by atoms with Gasteiger partial charge in [0.15, 0.2) is 6.29 Å². The standard InChI is InChI=1S/C41H39Cl4NO6/c42-32-11-1-27(2-12-32)21-47-26-37-38(48-22-28-3-13-33(43)14-4-28)39(49-23-29-5-15-34(44)16-6-29)40(50-24-30-7-17-35(45)18-8-30)41(52-37)51-25-31-9-19-36(46)20-10-31/h1-20,37-41H,21-26,46H2/t37-,38+,39+,40-,41-/m1/s1. The van der Waals surface area contributed by atoms with Crippen LogP contribution >= 0.6 is 46.4 Å². The van der Waals surface area contributed by atoms with E-state index in [1.54, 1.807) is 0 Å². The van der Waals surface area contributed by atoms with Gasteiger partial charge in [-0.05, 0) is 88.5 Å². The molecule has 6 rings (SSSR count). The largest absolute Gasteiger partial charge is 0.399 e. The summed E-state index contributed by atoms with van der Waals surface area (Å²) in [6, 6.07) is 37.5. The minimum absolute atomic E-state index is 0.181. The molecule has 0 spiro atoms. The van der Waals surface area contributed by atoms with Crippen LogP contribution in [0.1, 0.15) is 27.8 Å². The quantitative estimate of drug-likeness (QED) is 0.0999. The number of nitrogens with two attached hydrogens (primary N) is 1. The first-order chi connectivity index (χ1) is 25.3. The highest BCUT2D eigenvalue weighted by Crippen LogP contribution is 2.32. The Morgan fingerprint density at radius 1 is 0.423 bits per heavy atom. The third-order valence-corrected chi connectivity index (χ3v) is 9.52. The summed E-state index contributed by atoms with van der Waals surface area (Å²) in [5, 5.41) is 2.56. The molecule has 1 saturated heterocycles. The molecule has 7 nitrogen and oxygen atoms in total. The first kappa shape index (κ1) is 38.5. The van der Waals surface area contributed by atoms with Crippen LogP contribution in [-0.4, -0.2) is 37.3 Å². The molecular formula is C41H39Cl4NO6. The fourth-order valence-corrected chi connectivity index (χ4v) is 6.20. The van der Waals surface area contributed by atoms with Crippen molar-refractivity contribution in [1.29, 1.82) is 0 Å². The smallest absolute Gasteiger partial charge is 0.187 e. The van der Waals surface area contributed by atoms with Crippen molar-refractivity contribution in [2.45, 2.75) is 63.7 Å². The van der Waals surface area contributed by atoms with Crippen molar-refractivity contribution in [2.75, 3.05) is 12.3 Å². The zero-order chi connectivity index (χ0) is 36.3. The van der Waals surface area contributed by atoms with E-state index in [2.05, 4.69) is 0 Å². The molecule has 11 heteroatoms. The Morgan fingerprint density at radius 3 is 1.21 bits per heavy atom. The highest BCUT2D eigenvalue weighted by Gasteiger charge is 2.49. The maximum Gasteiger partial charge on any atom is 0.187 e. The Hall–Kier alpha value is -3.18. The highest BCUT2D eigenvalue weighted by molar-refractivity contribution is 6.31. The van der Waals surface area contributed by atoms with Crippen LogP contribution < -0.4 is 5.73 Å². The van der Waals surface area contributed by atoms with Crippen LogP contribution in [0.3, 0.4) is 0 Å². The molecule has 0 bridgehead atoms. The van der Waals surface area contributed by atoms with E-state index in [1.165, 1.54) is 0 Å². The lowest BCUT2D eigenvalue weighted by Gasteiger charge is -2.46. The van der Waals surface area contributed by atoms with Crippen LogP contribution in [0.2, 0.25) is 20.1 Å². The Kier molecular flexibility index (Phi) is 14.3. The van der Waals surface area contributed by atoms with E-state index < -0.39 is 30.7 Å². The van der Waals surface area contributed by atoms with Gasteiger partial charge in [0.05, 0.1) is 39.6 Å². The van der Waals surface area contributed by atoms with Gasteiger partial charge in [0, 0.05) is 25.8 Å². The number of halogens is 4. The number of hydrogen-bond donors (Lipinski definition) is 1. The summed E-state index contributed by atoms with van der Waals surface area (Å²) in [6.07, 6.45) is -3.50. The van der Waals surface area contributed by atoms with Gasteiger partial charge < -0.3 is 34.2 Å². The minimum Gasteiger partial charge on any atom is -0.399 e. The average Bonchev–Trinajstić information content (AvgIpc) is 3.15. The highest BCUT2D eigenvalue weighted by atomic mass is 35.5. The van der Waals surface area contributed by atoms with Gasteiger partial charge >= 0.3 is 0 Å². The maximum atomic E-state index is 6.77. The zero-order valence-electron chi connectivity index (χ0n) is 28.2. The van der Waals surface area contributed by atoms with Gasteiger partial charge in [0.2, 0.25) is 0 Å². The van der Waals surface area contributed by atoms with Gasteiger partial charge in [0.25, 0.3) is 0 Å². The third kappa shape index (κ3) is 11.4. The second-order valence-corrected chi connectivity index (χ2v) is 14.2. The topological polar surface area (TPSA) is 81.4 Å². The van der Waals surface area contributed by atoms with Gasteiger partial charge in [0.1, 0.15) is 24.4 Å². The van der Waals surface area contributed by atoms with Gasteiger partial charge in [-0.3, -0.25) is 0 Å². The van der Waals surface area contributed by atoms with Crippen molar-refractivity contribution in [2.24, 2.45) is 0 Å². The number of anilines is 1. The van der Waals surface area contributed by atoms with Gasteiger partial charge in [-0.2, -0.15) is 0 Å². The molecule has 5 atom stereocenters. The number of ether oxygens (including phenoxy) is 6. The summed E-state index contributed by atoms with van der Waals surface area (Å²) in [4.78, 5) is 0. The lowest BCUT2D eigenvalue weighted by Crippen LogP contribution is -2.61. The zero-order valence-corrected chi connectivity index (χ0v) is 31.2. The summed E-state index contributed by atoms with van der Waals surface area (Å²) in [6.45, 7) is 1.53. The van der Waals surface area contributed by atoms with E-state index >= 15 is 0 Å². The average molecular weight is 784 g/mol. The van der Waals surface area contributed by atoms with Crippen LogP contribution in [0.5, 0.6) is 0 Å². The lowest BCUT2D eigenvalue weighted by atomic mass is 9.97. The summed E-state index contributed by atoms with van der Waals surface area (Å²) < 4.78 is 39.7. The van der Waals surface area contributed by atoms with Crippen molar-refractivity contribution in [3.63, 3.8) is 0 Å². The van der Waals surface area contributed by atoms with E-state index in [9.17, 15) is 0 Å². The van der Waals surface area contributed by atoms with Crippen LogP contribution in [0.4, 0.5) is 5.69 Å². The summed E-state index contributed by atoms with van der Waals surface area (Å²) in [5.74, 6) is 0. The Balaban J connectivity index is 1.31. The number of rotatable bonds is 16. The molecule has 5 aromatic rings. The Labute approximate surface area is 324 Å². The van der Waals surface area contributed by atoms with Crippen molar-refractivity contribution in [1.82, 2.24) is 0 Å². The molecule has 1 aliphatic heterocycles. The fourth-order valence-electron chi connectivity index (χ4n) is 5.70. The molecule has 0 radical (unpaired) electrons. The molecule has 52 heavy (non-hydrogen) atoms. The van der Waals surface area contributed by atoms with Gasteiger partial charge in [-0.25, -0.2) is 0 Å². The van der Waals surface area contributed by atoms with E-state index in [4.69, 9.17) is 80.6 Å². The molecular weight excluding hydrogens is 744 g/mol. The normalized spacial score (nSPS) is 20.2. The Morgan fingerprint density at radius 2 is 0.769 bits per heavy atom. The van der Waals surface area contributed by atoms with Crippen molar-refractivity contribution >= 4 is 52.1 Å². The van der Waals surface area contributed by atoms with E-state index in [0.29, 0.717) is 32.4 Å². The molecule has 1 heterocycles. The minimum atomic E-state index is -0.861. The molecule has 0 unspecified atom stereocenters. The Bertz CT molecular complexity index is 1810. The first-order valence-electron chi connectivity index (χ1n) is 16.8. The number of nitrogen functional groups attached to an aromatic ring is 1. The van der Waals surface area contributed by atoms with Crippen LogP contribution in [0.25, 0.3) is 0 Å². The van der Waals surface area contributed by atoms with Crippen LogP contribution in [-0.2, 0) is 61.5 Å².